The number of anilines is 1. The molecule has 6 heteroatoms. The highest BCUT2D eigenvalue weighted by Gasteiger charge is 2.23. The van der Waals surface area contributed by atoms with Gasteiger partial charge in [-0.15, -0.1) is 0 Å². The van der Waals surface area contributed by atoms with Crippen molar-refractivity contribution in [2.24, 2.45) is 0 Å². The third-order valence-corrected chi connectivity index (χ3v) is 3.49. The summed E-state index contributed by atoms with van der Waals surface area (Å²) in [5, 5.41) is 11.7. The lowest BCUT2D eigenvalue weighted by Crippen LogP contribution is -2.43. The summed E-state index contributed by atoms with van der Waals surface area (Å²) < 4.78 is 5.55. The maximum absolute atomic E-state index is 12.1. The lowest BCUT2D eigenvalue weighted by Gasteiger charge is -2.31. The summed E-state index contributed by atoms with van der Waals surface area (Å²) in [5.41, 5.74) is 0.648. The molecule has 0 saturated carbocycles. The van der Waals surface area contributed by atoms with E-state index in [0.29, 0.717) is 25.4 Å². The molecule has 21 heavy (non-hydrogen) atoms. The van der Waals surface area contributed by atoms with Gasteiger partial charge in [-0.25, -0.2) is 9.59 Å². The van der Waals surface area contributed by atoms with E-state index in [0.717, 1.165) is 12.8 Å². The SMILES string of the molecule is CCOC1CCN(C(=O)Nc2cccc(C(=O)O)c2)CC1. The first-order valence-electron chi connectivity index (χ1n) is 7.11. The van der Waals surface area contributed by atoms with E-state index in [1.54, 1.807) is 17.0 Å². The molecule has 0 radical (unpaired) electrons. The van der Waals surface area contributed by atoms with Crippen LogP contribution in [-0.2, 0) is 4.74 Å². The van der Waals surface area contributed by atoms with Crippen molar-refractivity contribution in [2.75, 3.05) is 25.0 Å². The van der Waals surface area contributed by atoms with Gasteiger partial charge in [0.15, 0.2) is 0 Å². The highest BCUT2D eigenvalue weighted by atomic mass is 16.5. The van der Waals surface area contributed by atoms with Crippen molar-refractivity contribution in [3.05, 3.63) is 29.8 Å². The number of ether oxygens (including phenoxy) is 1. The number of benzene rings is 1. The van der Waals surface area contributed by atoms with Crippen molar-refractivity contribution in [3.8, 4) is 0 Å². The zero-order chi connectivity index (χ0) is 15.2. The molecule has 2 amide bonds. The topological polar surface area (TPSA) is 78.9 Å². The third kappa shape index (κ3) is 4.19. The lowest BCUT2D eigenvalue weighted by atomic mass is 10.1. The second-order valence-electron chi connectivity index (χ2n) is 4.96. The molecule has 6 nitrogen and oxygen atoms in total. The Morgan fingerprint density at radius 2 is 2.10 bits per heavy atom. The minimum absolute atomic E-state index is 0.155. The molecule has 114 valence electrons. The predicted octanol–water partition coefficient (Wildman–Crippen LogP) is 2.42. The minimum Gasteiger partial charge on any atom is -0.478 e. The van der Waals surface area contributed by atoms with Crippen LogP contribution in [0.2, 0.25) is 0 Å². The first-order chi connectivity index (χ1) is 10.1. The second kappa shape index (κ2) is 7.08. The number of carbonyl (C=O) groups excluding carboxylic acids is 1. The molecule has 1 aromatic rings. The van der Waals surface area contributed by atoms with Crippen LogP contribution in [0.4, 0.5) is 10.5 Å². The number of carbonyl (C=O) groups is 2. The maximum Gasteiger partial charge on any atom is 0.335 e. The quantitative estimate of drug-likeness (QED) is 0.893. The van der Waals surface area contributed by atoms with E-state index in [2.05, 4.69) is 5.32 Å². The largest absolute Gasteiger partial charge is 0.478 e. The van der Waals surface area contributed by atoms with Gasteiger partial charge >= 0.3 is 12.0 Å². The summed E-state index contributed by atoms with van der Waals surface area (Å²) in [7, 11) is 0. The maximum atomic E-state index is 12.1. The van der Waals surface area contributed by atoms with Crippen molar-refractivity contribution in [1.29, 1.82) is 0 Å². The summed E-state index contributed by atoms with van der Waals surface area (Å²) in [6.07, 6.45) is 1.89. The molecule has 0 spiro atoms. The number of hydrogen-bond acceptors (Lipinski definition) is 3. The van der Waals surface area contributed by atoms with Gasteiger partial charge in [0.1, 0.15) is 0 Å². The van der Waals surface area contributed by atoms with Crippen LogP contribution in [-0.4, -0.2) is 47.8 Å². The summed E-state index contributed by atoms with van der Waals surface area (Å²) in [6.45, 7) is 3.96. The molecular weight excluding hydrogens is 272 g/mol. The zero-order valence-electron chi connectivity index (χ0n) is 12.0. The Hall–Kier alpha value is -2.08. The minimum atomic E-state index is -1.01. The van der Waals surface area contributed by atoms with Gasteiger partial charge < -0.3 is 20.1 Å². The van der Waals surface area contributed by atoms with E-state index in [9.17, 15) is 9.59 Å². The van der Waals surface area contributed by atoms with Crippen molar-refractivity contribution in [2.45, 2.75) is 25.9 Å². The number of piperidine rings is 1. The number of aromatic carboxylic acids is 1. The van der Waals surface area contributed by atoms with Crippen LogP contribution in [0.25, 0.3) is 0 Å². The van der Waals surface area contributed by atoms with E-state index >= 15 is 0 Å². The highest BCUT2D eigenvalue weighted by molar-refractivity contribution is 5.93. The number of carboxylic acids is 1. The number of nitrogens with zero attached hydrogens (tertiary/aromatic N) is 1. The summed E-state index contributed by atoms with van der Waals surface area (Å²) in [5.74, 6) is -1.01. The Morgan fingerprint density at radius 1 is 1.38 bits per heavy atom. The fraction of sp³-hybridized carbons (Fsp3) is 0.467. The zero-order valence-corrected chi connectivity index (χ0v) is 12.0. The Labute approximate surface area is 123 Å². The third-order valence-electron chi connectivity index (χ3n) is 3.49. The van der Waals surface area contributed by atoms with E-state index in [1.807, 2.05) is 6.92 Å². The van der Waals surface area contributed by atoms with Gasteiger partial charge in [-0.3, -0.25) is 0 Å². The molecule has 0 aromatic heterocycles. The van der Waals surface area contributed by atoms with Gasteiger partial charge in [0.05, 0.1) is 11.7 Å². The lowest BCUT2D eigenvalue weighted by molar-refractivity contribution is 0.0232. The van der Waals surface area contributed by atoms with Gasteiger partial charge in [-0.2, -0.15) is 0 Å². The highest BCUT2D eigenvalue weighted by Crippen LogP contribution is 2.16. The Bertz CT molecular complexity index is 510. The molecule has 1 heterocycles. The Kier molecular flexibility index (Phi) is 5.16. The molecule has 0 atom stereocenters. The van der Waals surface area contributed by atoms with Gasteiger partial charge in [0, 0.05) is 25.4 Å². The van der Waals surface area contributed by atoms with Gasteiger partial charge in [0.2, 0.25) is 0 Å². The first kappa shape index (κ1) is 15.3. The standard InChI is InChI=1S/C15H20N2O4/c1-2-21-13-6-8-17(9-7-13)15(20)16-12-5-3-4-11(10-12)14(18)19/h3-5,10,13H,2,6-9H2,1H3,(H,16,20)(H,18,19). The van der Waals surface area contributed by atoms with Crippen LogP contribution in [0.1, 0.15) is 30.1 Å². The molecule has 2 rings (SSSR count). The molecule has 1 saturated heterocycles. The smallest absolute Gasteiger partial charge is 0.335 e. The fourth-order valence-corrected chi connectivity index (χ4v) is 2.39. The number of hydrogen-bond donors (Lipinski definition) is 2. The van der Waals surface area contributed by atoms with Crippen molar-refractivity contribution in [3.63, 3.8) is 0 Å². The Morgan fingerprint density at radius 3 is 2.71 bits per heavy atom. The number of rotatable bonds is 4. The van der Waals surface area contributed by atoms with Crippen LogP contribution in [0.15, 0.2) is 24.3 Å². The van der Waals surface area contributed by atoms with E-state index in [4.69, 9.17) is 9.84 Å². The summed E-state index contributed by atoms with van der Waals surface area (Å²) >= 11 is 0. The van der Waals surface area contributed by atoms with Crippen LogP contribution < -0.4 is 5.32 Å². The molecule has 0 aliphatic carbocycles. The second-order valence-corrected chi connectivity index (χ2v) is 4.96. The molecule has 0 unspecified atom stereocenters. The molecule has 1 fully saturated rings. The average Bonchev–Trinajstić information content (AvgIpc) is 2.48. The molecule has 1 aromatic carbocycles. The van der Waals surface area contributed by atoms with Crippen LogP contribution in [0, 0.1) is 0 Å². The molecular formula is C15H20N2O4. The molecule has 2 N–H and O–H groups in total. The van der Waals surface area contributed by atoms with Crippen LogP contribution in [0.5, 0.6) is 0 Å². The van der Waals surface area contributed by atoms with Crippen LogP contribution in [0.3, 0.4) is 0 Å². The monoisotopic (exact) mass is 292 g/mol. The fourth-order valence-electron chi connectivity index (χ4n) is 2.39. The number of carboxylic acid groups (broad SMARTS) is 1. The number of nitrogens with one attached hydrogen (secondary N) is 1. The molecule has 1 aliphatic rings. The van der Waals surface area contributed by atoms with Crippen molar-refractivity contribution >= 4 is 17.7 Å². The predicted molar refractivity (Wildman–Crippen MR) is 78.6 cm³/mol. The number of likely N-dealkylation sites (tertiary alicyclic amines) is 1. The normalized spacial score (nSPS) is 15.8. The summed E-state index contributed by atoms with van der Waals surface area (Å²) in [4.78, 5) is 24.8. The first-order valence-corrected chi connectivity index (χ1v) is 7.11. The molecule has 0 bridgehead atoms. The Balaban J connectivity index is 1.90. The van der Waals surface area contributed by atoms with Crippen molar-refractivity contribution in [1.82, 2.24) is 4.90 Å². The number of amides is 2. The van der Waals surface area contributed by atoms with Gasteiger partial charge in [-0.05, 0) is 38.0 Å². The van der Waals surface area contributed by atoms with E-state index in [1.165, 1.54) is 12.1 Å². The van der Waals surface area contributed by atoms with E-state index in [-0.39, 0.29) is 17.7 Å². The van der Waals surface area contributed by atoms with Crippen LogP contribution >= 0.6 is 0 Å². The van der Waals surface area contributed by atoms with Gasteiger partial charge in [0.25, 0.3) is 0 Å². The summed E-state index contributed by atoms with van der Waals surface area (Å²) in [6, 6.07) is 6.03. The van der Waals surface area contributed by atoms with E-state index < -0.39 is 5.97 Å². The average molecular weight is 292 g/mol. The number of urea groups is 1. The molecule has 1 aliphatic heterocycles. The van der Waals surface area contributed by atoms with Crippen molar-refractivity contribution < 1.29 is 19.4 Å². The van der Waals surface area contributed by atoms with Gasteiger partial charge in [-0.1, -0.05) is 6.07 Å².